The molecule has 0 fully saturated rings. The Labute approximate surface area is 72.3 Å². The van der Waals surface area contributed by atoms with Crippen LogP contribution in [0.3, 0.4) is 0 Å². The Balaban J connectivity index is 3.05. The summed E-state index contributed by atoms with van der Waals surface area (Å²) < 4.78 is 5.34. The summed E-state index contributed by atoms with van der Waals surface area (Å²) in [6.07, 6.45) is 0. The van der Waals surface area contributed by atoms with Gasteiger partial charge in [-0.3, -0.25) is 0 Å². The highest BCUT2D eigenvalue weighted by atomic mass is 16.5. The monoisotopic (exact) mass is 166 g/mol. The molecule has 1 aromatic rings. The lowest BCUT2D eigenvalue weighted by Gasteiger charge is -2.09. The fraction of sp³-hybridized carbons (Fsp3) is 0.333. The van der Waals surface area contributed by atoms with Gasteiger partial charge >= 0.3 is 0 Å². The number of rotatable bonds is 2. The van der Waals surface area contributed by atoms with E-state index >= 15 is 0 Å². The molecule has 66 valence electrons. The highest BCUT2D eigenvalue weighted by molar-refractivity contribution is 5.67. The molecule has 0 unspecified atom stereocenters. The maximum atomic E-state index is 5.61. The van der Waals surface area contributed by atoms with E-state index in [9.17, 15) is 0 Å². The molecule has 0 aliphatic carbocycles. The molecule has 0 aliphatic heterocycles. The zero-order valence-corrected chi connectivity index (χ0v) is 7.42. The quantitative estimate of drug-likeness (QED) is 0.655. The van der Waals surface area contributed by atoms with Crippen molar-refractivity contribution in [2.45, 2.75) is 13.8 Å². The number of hydrogen-bond donors (Lipinski definition) is 2. The molecular weight excluding hydrogens is 152 g/mol. The normalized spacial score (nSPS) is 9.83. The minimum atomic E-state index is 0.573. The molecule has 4 N–H and O–H groups in total. The maximum Gasteiger partial charge on any atom is 0.124 e. The van der Waals surface area contributed by atoms with Crippen molar-refractivity contribution in [3.63, 3.8) is 0 Å². The summed E-state index contributed by atoms with van der Waals surface area (Å²) in [6.45, 7) is 4.52. The van der Waals surface area contributed by atoms with Crippen molar-refractivity contribution in [3.8, 4) is 5.75 Å². The lowest BCUT2D eigenvalue weighted by Crippen LogP contribution is -1.99. The third kappa shape index (κ3) is 1.61. The summed E-state index contributed by atoms with van der Waals surface area (Å²) >= 11 is 0. The molecule has 0 aromatic heterocycles. The third-order valence-corrected chi connectivity index (χ3v) is 1.68. The van der Waals surface area contributed by atoms with Gasteiger partial charge in [0.15, 0.2) is 0 Å². The number of aryl methyl sites for hydroxylation is 1. The average molecular weight is 166 g/mol. The summed E-state index contributed by atoms with van der Waals surface area (Å²) in [4.78, 5) is 0. The first-order valence-corrected chi connectivity index (χ1v) is 3.93. The molecule has 0 heterocycles. The molecule has 1 rings (SSSR count). The minimum absolute atomic E-state index is 0.573. The van der Waals surface area contributed by atoms with Crippen LogP contribution in [0.1, 0.15) is 12.5 Å². The average Bonchev–Trinajstić information content (AvgIpc) is 2.01. The molecule has 0 aliphatic rings. The molecule has 3 nitrogen and oxygen atoms in total. The van der Waals surface area contributed by atoms with Gasteiger partial charge in [0.05, 0.1) is 18.0 Å². The molecule has 3 heteroatoms. The second-order valence-corrected chi connectivity index (χ2v) is 2.68. The predicted molar refractivity (Wildman–Crippen MR) is 51.2 cm³/mol. The Kier molecular flexibility index (Phi) is 2.43. The summed E-state index contributed by atoms with van der Waals surface area (Å²) in [7, 11) is 0. The first kappa shape index (κ1) is 8.71. The molecule has 1 aromatic carbocycles. The van der Waals surface area contributed by atoms with Crippen molar-refractivity contribution in [2.24, 2.45) is 0 Å². The largest absolute Gasteiger partial charge is 0.494 e. The Morgan fingerprint density at radius 3 is 2.42 bits per heavy atom. The molecule has 0 saturated carbocycles. The van der Waals surface area contributed by atoms with E-state index in [1.807, 2.05) is 19.9 Å². The molecule has 0 saturated heterocycles. The van der Waals surface area contributed by atoms with E-state index in [4.69, 9.17) is 16.2 Å². The number of nitrogen functional groups attached to an aromatic ring is 2. The Hall–Kier alpha value is -1.38. The topological polar surface area (TPSA) is 61.3 Å². The van der Waals surface area contributed by atoms with E-state index in [1.165, 1.54) is 0 Å². The number of hydrogen-bond acceptors (Lipinski definition) is 3. The summed E-state index contributed by atoms with van der Waals surface area (Å²) in [5.74, 6) is 0.809. The number of ether oxygens (including phenoxy) is 1. The van der Waals surface area contributed by atoms with Crippen LogP contribution in [0.5, 0.6) is 5.75 Å². The van der Waals surface area contributed by atoms with Gasteiger partial charge in [-0.15, -0.1) is 0 Å². The van der Waals surface area contributed by atoms with Crippen LogP contribution in [0.25, 0.3) is 0 Å². The molecule has 12 heavy (non-hydrogen) atoms. The predicted octanol–water partition coefficient (Wildman–Crippen LogP) is 1.56. The standard InChI is InChI=1S/C9H14N2O/c1-3-12-9-5-8(11)7(10)4-6(9)2/h4-5H,3,10-11H2,1-2H3. The fourth-order valence-electron chi connectivity index (χ4n) is 1.04. The Morgan fingerprint density at radius 2 is 1.83 bits per heavy atom. The van der Waals surface area contributed by atoms with Crippen LogP contribution in [0, 0.1) is 6.92 Å². The number of nitrogens with two attached hydrogens (primary N) is 2. The number of benzene rings is 1. The van der Waals surface area contributed by atoms with Crippen molar-refractivity contribution in [2.75, 3.05) is 18.1 Å². The van der Waals surface area contributed by atoms with E-state index < -0.39 is 0 Å². The molecular formula is C9H14N2O. The fourth-order valence-corrected chi connectivity index (χ4v) is 1.04. The van der Waals surface area contributed by atoms with Gasteiger partial charge in [0.25, 0.3) is 0 Å². The second-order valence-electron chi connectivity index (χ2n) is 2.68. The van der Waals surface area contributed by atoms with E-state index in [-0.39, 0.29) is 0 Å². The summed E-state index contributed by atoms with van der Waals surface area (Å²) in [5.41, 5.74) is 13.4. The summed E-state index contributed by atoms with van der Waals surface area (Å²) in [5, 5.41) is 0. The first-order valence-electron chi connectivity index (χ1n) is 3.93. The number of anilines is 2. The van der Waals surface area contributed by atoms with Gasteiger partial charge in [-0.2, -0.15) is 0 Å². The van der Waals surface area contributed by atoms with Crippen LogP contribution in [0.2, 0.25) is 0 Å². The lowest BCUT2D eigenvalue weighted by molar-refractivity contribution is 0.338. The summed E-state index contributed by atoms with van der Waals surface area (Å²) in [6, 6.07) is 3.58. The van der Waals surface area contributed by atoms with Crippen LogP contribution in [-0.2, 0) is 0 Å². The van der Waals surface area contributed by atoms with Crippen LogP contribution in [-0.4, -0.2) is 6.61 Å². The van der Waals surface area contributed by atoms with E-state index in [0.717, 1.165) is 11.3 Å². The zero-order chi connectivity index (χ0) is 9.14. The van der Waals surface area contributed by atoms with E-state index in [2.05, 4.69) is 0 Å². The molecule has 0 atom stereocenters. The highest BCUT2D eigenvalue weighted by Crippen LogP contribution is 2.26. The Morgan fingerprint density at radius 1 is 1.25 bits per heavy atom. The van der Waals surface area contributed by atoms with Crippen LogP contribution in [0.15, 0.2) is 12.1 Å². The van der Waals surface area contributed by atoms with Crippen LogP contribution < -0.4 is 16.2 Å². The van der Waals surface area contributed by atoms with Gasteiger partial charge in [-0.25, -0.2) is 0 Å². The van der Waals surface area contributed by atoms with Crippen molar-refractivity contribution in [3.05, 3.63) is 17.7 Å². The van der Waals surface area contributed by atoms with Crippen molar-refractivity contribution >= 4 is 11.4 Å². The third-order valence-electron chi connectivity index (χ3n) is 1.68. The van der Waals surface area contributed by atoms with Gasteiger partial charge in [-0.05, 0) is 25.5 Å². The van der Waals surface area contributed by atoms with Gasteiger partial charge < -0.3 is 16.2 Å². The van der Waals surface area contributed by atoms with E-state index in [0.29, 0.717) is 18.0 Å². The van der Waals surface area contributed by atoms with E-state index in [1.54, 1.807) is 6.07 Å². The second kappa shape index (κ2) is 3.34. The lowest BCUT2D eigenvalue weighted by atomic mass is 10.2. The van der Waals surface area contributed by atoms with Gasteiger partial charge in [-0.1, -0.05) is 0 Å². The first-order chi connectivity index (χ1) is 5.65. The van der Waals surface area contributed by atoms with Crippen molar-refractivity contribution in [1.29, 1.82) is 0 Å². The van der Waals surface area contributed by atoms with Crippen LogP contribution >= 0.6 is 0 Å². The molecule has 0 radical (unpaired) electrons. The van der Waals surface area contributed by atoms with Gasteiger partial charge in [0.1, 0.15) is 5.75 Å². The van der Waals surface area contributed by atoms with Crippen molar-refractivity contribution in [1.82, 2.24) is 0 Å². The molecule has 0 spiro atoms. The molecule has 0 amide bonds. The smallest absolute Gasteiger partial charge is 0.124 e. The molecule has 0 bridgehead atoms. The highest BCUT2D eigenvalue weighted by Gasteiger charge is 2.02. The Bertz CT molecular complexity index is 284. The van der Waals surface area contributed by atoms with Gasteiger partial charge in [0, 0.05) is 6.07 Å². The van der Waals surface area contributed by atoms with Crippen molar-refractivity contribution < 1.29 is 4.74 Å². The SMILES string of the molecule is CCOc1cc(N)c(N)cc1C. The zero-order valence-electron chi connectivity index (χ0n) is 7.42. The minimum Gasteiger partial charge on any atom is -0.494 e. The van der Waals surface area contributed by atoms with Crippen LogP contribution in [0.4, 0.5) is 11.4 Å². The van der Waals surface area contributed by atoms with Gasteiger partial charge in [0.2, 0.25) is 0 Å². The maximum absolute atomic E-state index is 5.61.